The molecule has 0 aliphatic carbocycles. The first-order valence-electron chi connectivity index (χ1n) is 1.91. The average Bonchev–Trinajstić information content (AvgIpc) is 2.08. The number of hydrogen-bond acceptors (Lipinski definition) is 3. The molecular formula is C2HCl3N4. The van der Waals surface area contributed by atoms with E-state index < -0.39 is 3.79 Å². The van der Waals surface area contributed by atoms with Gasteiger partial charge in [0.25, 0.3) is 3.79 Å². The second-order valence-corrected chi connectivity index (χ2v) is 3.53. The number of H-pyrrole nitrogens is 1. The molecule has 1 N–H and O–H groups in total. The van der Waals surface area contributed by atoms with Gasteiger partial charge in [0.2, 0.25) is 5.82 Å². The number of aromatic amines is 1. The van der Waals surface area contributed by atoms with Gasteiger partial charge in [-0.05, 0) is 10.4 Å². The number of aromatic nitrogens is 4. The Kier molecular flexibility index (Phi) is 1.79. The van der Waals surface area contributed by atoms with Crippen molar-refractivity contribution in [3.05, 3.63) is 5.82 Å². The zero-order chi connectivity index (χ0) is 6.91. The van der Waals surface area contributed by atoms with Crippen molar-refractivity contribution in [3.8, 4) is 0 Å². The highest BCUT2D eigenvalue weighted by Gasteiger charge is 2.26. The number of alkyl halides is 3. The van der Waals surface area contributed by atoms with Crippen LogP contribution in [-0.4, -0.2) is 20.6 Å². The average molecular weight is 187 g/mol. The standard InChI is InChI=1S/C2HCl3N4/c3-2(4,5)1-6-8-9-7-1/h(H,6,7,8,9). The van der Waals surface area contributed by atoms with Crippen LogP contribution in [0.5, 0.6) is 0 Å². The van der Waals surface area contributed by atoms with E-state index in [1.165, 1.54) is 0 Å². The van der Waals surface area contributed by atoms with Crippen molar-refractivity contribution >= 4 is 34.8 Å². The van der Waals surface area contributed by atoms with E-state index in [-0.39, 0.29) is 5.82 Å². The summed E-state index contributed by atoms with van der Waals surface area (Å²) in [7, 11) is 0. The first kappa shape index (κ1) is 7.05. The van der Waals surface area contributed by atoms with Crippen LogP contribution in [0.1, 0.15) is 5.82 Å². The van der Waals surface area contributed by atoms with Crippen LogP contribution in [-0.2, 0) is 3.79 Å². The van der Waals surface area contributed by atoms with Gasteiger partial charge in [-0.3, -0.25) is 0 Å². The molecule has 0 aliphatic rings. The number of hydrogen-bond donors (Lipinski definition) is 1. The van der Waals surface area contributed by atoms with Crippen molar-refractivity contribution in [1.29, 1.82) is 0 Å². The minimum Gasteiger partial charge on any atom is -0.239 e. The fourth-order valence-corrected chi connectivity index (χ4v) is 0.519. The maximum Gasteiger partial charge on any atom is 0.251 e. The molecule has 1 aromatic rings. The first-order chi connectivity index (χ1) is 4.11. The van der Waals surface area contributed by atoms with E-state index in [9.17, 15) is 0 Å². The molecule has 0 radical (unpaired) electrons. The summed E-state index contributed by atoms with van der Waals surface area (Å²) in [5.41, 5.74) is 0. The van der Waals surface area contributed by atoms with Gasteiger partial charge in [-0.1, -0.05) is 34.8 Å². The van der Waals surface area contributed by atoms with Crippen molar-refractivity contribution < 1.29 is 0 Å². The van der Waals surface area contributed by atoms with Gasteiger partial charge in [0, 0.05) is 0 Å². The SMILES string of the molecule is ClC(Cl)(Cl)c1nnn[nH]1. The summed E-state index contributed by atoms with van der Waals surface area (Å²) in [4.78, 5) is 0. The molecule has 0 amide bonds. The lowest BCUT2D eigenvalue weighted by Crippen LogP contribution is -2.02. The summed E-state index contributed by atoms with van der Waals surface area (Å²) >= 11 is 16.1. The summed E-state index contributed by atoms with van der Waals surface area (Å²) in [5, 5.41) is 12.1. The molecule has 0 saturated heterocycles. The van der Waals surface area contributed by atoms with Crippen LogP contribution in [0, 0.1) is 0 Å². The first-order valence-corrected chi connectivity index (χ1v) is 3.05. The molecule has 1 rings (SSSR count). The summed E-state index contributed by atoms with van der Waals surface area (Å²) < 4.78 is -1.55. The van der Waals surface area contributed by atoms with E-state index in [0.717, 1.165) is 0 Å². The topological polar surface area (TPSA) is 54.5 Å². The monoisotopic (exact) mass is 186 g/mol. The summed E-state index contributed by atoms with van der Waals surface area (Å²) in [5.74, 6) is 0.118. The van der Waals surface area contributed by atoms with Gasteiger partial charge in [-0.25, -0.2) is 5.10 Å². The van der Waals surface area contributed by atoms with Gasteiger partial charge in [0.15, 0.2) is 0 Å². The number of rotatable bonds is 0. The van der Waals surface area contributed by atoms with Crippen molar-refractivity contribution in [3.63, 3.8) is 0 Å². The number of nitrogens with zero attached hydrogens (tertiary/aromatic N) is 3. The third kappa shape index (κ3) is 1.67. The molecule has 9 heavy (non-hydrogen) atoms. The van der Waals surface area contributed by atoms with Crippen LogP contribution >= 0.6 is 34.8 Å². The van der Waals surface area contributed by atoms with Crippen LogP contribution in [0.4, 0.5) is 0 Å². The molecule has 0 aliphatic heterocycles. The molecule has 0 bridgehead atoms. The molecule has 0 atom stereocenters. The van der Waals surface area contributed by atoms with Crippen LogP contribution in [0.2, 0.25) is 0 Å². The Balaban J connectivity index is 2.90. The van der Waals surface area contributed by atoms with Crippen molar-refractivity contribution in [2.45, 2.75) is 3.79 Å². The Hall–Kier alpha value is -0.0600. The van der Waals surface area contributed by atoms with Crippen LogP contribution < -0.4 is 0 Å². The Morgan fingerprint density at radius 3 is 2.22 bits per heavy atom. The molecule has 1 aromatic heterocycles. The molecule has 0 saturated carbocycles. The summed E-state index contributed by atoms with van der Waals surface area (Å²) in [6.45, 7) is 0. The van der Waals surface area contributed by atoms with Crippen molar-refractivity contribution in [2.75, 3.05) is 0 Å². The van der Waals surface area contributed by atoms with E-state index >= 15 is 0 Å². The largest absolute Gasteiger partial charge is 0.251 e. The third-order valence-corrected chi connectivity index (χ3v) is 1.15. The normalized spacial score (nSPS) is 11.9. The molecule has 50 valence electrons. The number of tetrazole rings is 1. The predicted molar refractivity (Wildman–Crippen MR) is 33.4 cm³/mol. The molecule has 0 fully saturated rings. The van der Waals surface area contributed by atoms with Gasteiger partial charge in [0.1, 0.15) is 0 Å². The number of nitrogens with one attached hydrogen (secondary N) is 1. The molecule has 1 heterocycles. The zero-order valence-corrected chi connectivity index (χ0v) is 6.24. The van der Waals surface area contributed by atoms with E-state index in [2.05, 4.69) is 20.6 Å². The predicted octanol–water partition coefficient (Wildman–Crippen LogP) is 1.03. The summed E-state index contributed by atoms with van der Waals surface area (Å²) in [6.07, 6.45) is 0. The maximum absolute atomic E-state index is 5.36. The van der Waals surface area contributed by atoms with Crippen LogP contribution in [0.3, 0.4) is 0 Å². The smallest absolute Gasteiger partial charge is 0.239 e. The van der Waals surface area contributed by atoms with Gasteiger partial charge in [-0.15, -0.1) is 5.10 Å². The van der Waals surface area contributed by atoms with Gasteiger partial charge >= 0.3 is 0 Å². The highest BCUT2D eigenvalue weighted by Crippen LogP contribution is 2.34. The third-order valence-electron chi connectivity index (χ3n) is 0.614. The van der Waals surface area contributed by atoms with Crippen LogP contribution in [0.15, 0.2) is 0 Å². The fraction of sp³-hybridized carbons (Fsp3) is 0.500. The highest BCUT2D eigenvalue weighted by atomic mass is 35.6. The Morgan fingerprint density at radius 1 is 1.33 bits per heavy atom. The lowest BCUT2D eigenvalue weighted by Gasteiger charge is -2.02. The van der Waals surface area contributed by atoms with Crippen molar-refractivity contribution in [1.82, 2.24) is 20.6 Å². The molecule has 0 unspecified atom stereocenters. The minimum atomic E-state index is -1.55. The molecule has 0 aromatic carbocycles. The Labute approximate surface area is 65.5 Å². The van der Waals surface area contributed by atoms with E-state index in [4.69, 9.17) is 34.8 Å². The van der Waals surface area contributed by atoms with Crippen LogP contribution in [0.25, 0.3) is 0 Å². The van der Waals surface area contributed by atoms with Crippen molar-refractivity contribution in [2.24, 2.45) is 0 Å². The van der Waals surface area contributed by atoms with E-state index in [1.54, 1.807) is 0 Å². The second-order valence-electron chi connectivity index (χ2n) is 1.25. The van der Waals surface area contributed by atoms with Gasteiger partial charge in [0.05, 0.1) is 0 Å². The Bertz CT molecular complexity index is 176. The number of halogens is 3. The summed E-state index contributed by atoms with van der Waals surface area (Å²) in [6, 6.07) is 0. The highest BCUT2D eigenvalue weighted by molar-refractivity contribution is 6.66. The maximum atomic E-state index is 5.36. The quantitative estimate of drug-likeness (QED) is 0.617. The molecule has 0 spiro atoms. The zero-order valence-electron chi connectivity index (χ0n) is 3.98. The lowest BCUT2D eigenvalue weighted by molar-refractivity contribution is 0.881. The van der Waals surface area contributed by atoms with Gasteiger partial charge < -0.3 is 0 Å². The molecular weight excluding hydrogens is 186 g/mol. The fourth-order valence-electron chi connectivity index (χ4n) is 0.279. The molecule has 4 nitrogen and oxygen atoms in total. The van der Waals surface area contributed by atoms with Gasteiger partial charge in [-0.2, -0.15) is 0 Å². The molecule has 7 heteroatoms. The van der Waals surface area contributed by atoms with E-state index in [1.807, 2.05) is 0 Å². The van der Waals surface area contributed by atoms with E-state index in [0.29, 0.717) is 0 Å². The second kappa shape index (κ2) is 2.28. The minimum absolute atomic E-state index is 0.118. The lowest BCUT2D eigenvalue weighted by atomic mass is 10.7. The Morgan fingerprint density at radius 2 is 2.00 bits per heavy atom.